The summed E-state index contributed by atoms with van der Waals surface area (Å²) in [6.45, 7) is 6.41. The number of benzene rings is 2. The maximum atomic E-state index is 13.4. The van der Waals surface area contributed by atoms with Crippen molar-refractivity contribution in [2.75, 3.05) is 4.90 Å². The van der Waals surface area contributed by atoms with Crippen molar-refractivity contribution in [3.8, 4) is 0 Å². The van der Waals surface area contributed by atoms with Crippen LogP contribution in [0.5, 0.6) is 0 Å². The molecule has 2 aromatic carbocycles. The summed E-state index contributed by atoms with van der Waals surface area (Å²) < 4.78 is 1.76. The Balaban J connectivity index is 1.69. The first-order valence-electron chi connectivity index (χ1n) is 11.0. The number of carbonyl (C=O) groups excluding carboxylic acids is 2. The number of carbonyl (C=O) groups is 2. The van der Waals surface area contributed by atoms with Crippen LogP contribution in [0.4, 0.5) is 5.13 Å². The van der Waals surface area contributed by atoms with E-state index in [9.17, 15) is 14.7 Å². The predicted octanol–water partition coefficient (Wildman–Crippen LogP) is 6.38. The van der Waals surface area contributed by atoms with Crippen molar-refractivity contribution in [1.82, 2.24) is 9.97 Å². The molecule has 1 unspecified atom stereocenters. The average molecular weight is 548 g/mol. The summed E-state index contributed by atoms with van der Waals surface area (Å²) in [7, 11) is 0. The number of pyridine rings is 1. The van der Waals surface area contributed by atoms with Gasteiger partial charge in [0, 0.05) is 22.4 Å². The Labute approximate surface area is 215 Å². The molecule has 5 rings (SSSR count). The molecule has 1 saturated heterocycles. The normalized spacial score (nSPS) is 17.9. The first-order valence-corrected chi connectivity index (χ1v) is 12.6. The van der Waals surface area contributed by atoms with Crippen molar-refractivity contribution < 1.29 is 14.7 Å². The number of anilines is 1. The van der Waals surface area contributed by atoms with E-state index in [1.54, 1.807) is 48.8 Å². The minimum atomic E-state index is -0.852. The Hall–Kier alpha value is -3.36. The number of amides is 1. The second-order valence-electron chi connectivity index (χ2n) is 9.39. The molecule has 1 aliphatic heterocycles. The molecular weight excluding hydrogens is 526 g/mol. The van der Waals surface area contributed by atoms with Crippen molar-refractivity contribution >= 4 is 60.1 Å². The lowest BCUT2D eigenvalue weighted by Gasteiger charge is -2.22. The number of halogens is 1. The number of aromatic nitrogens is 2. The molecular formula is C27H22BrN3O3S. The number of hydrogen-bond acceptors (Lipinski definition) is 6. The number of thiazole rings is 1. The third kappa shape index (κ3) is 4.17. The van der Waals surface area contributed by atoms with Gasteiger partial charge in [-0.05, 0) is 46.9 Å². The van der Waals surface area contributed by atoms with Crippen LogP contribution in [0.25, 0.3) is 16.0 Å². The van der Waals surface area contributed by atoms with Crippen LogP contribution in [0, 0.1) is 0 Å². The molecule has 8 heteroatoms. The zero-order chi connectivity index (χ0) is 24.9. The summed E-state index contributed by atoms with van der Waals surface area (Å²) in [6, 6.07) is 15.6. The van der Waals surface area contributed by atoms with Gasteiger partial charge in [-0.15, -0.1) is 0 Å². The Kier molecular flexibility index (Phi) is 5.81. The van der Waals surface area contributed by atoms with Crippen LogP contribution in [-0.4, -0.2) is 26.8 Å². The highest BCUT2D eigenvalue weighted by Crippen LogP contribution is 2.44. The monoisotopic (exact) mass is 547 g/mol. The van der Waals surface area contributed by atoms with Crippen molar-refractivity contribution in [2.45, 2.75) is 32.2 Å². The van der Waals surface area contributed by atoms with Gasteiger partial charge in [0.2, 0.25) is 0 Å². The number of hydrogen-bond donors (Lipinski definition) is 1. The zero-order valence-corrected chi connectivity index (χ0v) is 21.7. The van der Waals surface area contributed by atoms with Gasteiger partial charge in [0.25, 0.3) is 5.78 Å². The van der Waals surface area contributed by atoms with E-state index in [4.69, 9.17) is 4.98 Å². The molecule has 1 amide bonds. The van der Waals surface area contributed by atoms with E-state index < -0.39 is 17.7 Å². The summed E-state index contributed by atoms with van der Waals surface area (Å²) in [5, 5.41) is 11.6. The average Bonchev–Trinajstić information content (AvgIpc) is 3.37. The summed E-state index contributed by atoms with van der Waals surface area (Å²) >= 11 is 4.73. The summed E-state index contributed by atoms with van der Waals surface area (Å²) in [5.41, 5.74) is 2.93. The van der Waals surface area contributed by atoms with Crippen LogP contribution in [0.3, 0.4) is 0 Å². The topological polar surface area (TPSA) is 83.4 Å². The molecule has 1 N–H and O–H groups in total. The lowest BCUT2D eigenvalue weighted by atomic mass is 9.87. The highest BCUT2D eigenvalue weighted by atomic mass is 79.9. The number of ketones is 1. The molecule has 1 aliphatic rings. The van der Waals surface area contributed by atoms with Crippen molar-refractivity contribution in [1.29, 1.82) is 0 Å². The Morgan fingerprint density at radius 2 is 1.83 bits per heavy atom. The van der Waals surface area contributed by atoms with Gasteiger partial charge in [0.15, 0.2) is 5.13 Å². The SMILES string of the molecule is CC(C)(C)c1ccc2nc(N3C(=O)C(=O)/C(=C(/O)c4ccc(Br)cc4)C3c3cccnc3)sc2c1. The molecule has 0 spiro atoms. The van der Waals surface area contributed by atoms with Gasteiger partial charge in [0.05, 0.1) is 21.8 Å². The number of Topliss-reactive ketones (excluding diaryl/α,β-unsaturated/α-hetero) is 1. The van der Waals surface area contributed by atoms with Gasteiger partial charge in [-0.25, -0.2) is 4.98 Å². The van der Waals surface area contributed by atoms with E-state index in [0.717, 1.165) is 20.3 Å². The number of fused-ring (bicyclic) bond motifs is 1. The van der Waals surface area contributed by atoms with Crippen LogP contribution < -0.4 is 4.90 Å². The fourth-order valence-electron chi connectivity index (χ4n) is 4.13. The van der Waals surface area contributed by atoms with E-state index in [1.807, 2.05) is 12.1 Å². The van der Waals surface area contributed by atoms with Crippen LogP contribution in [0.1, 0.15) is 43.5 Å². The summed E-state index contributed by atoms with van der Waals surface area (Å²) in [4.78, 5) is 36.9. The molecule has 6 nitrogen and oxygen atoms in total. The van der Waals surface area contributed by atoms with Crippen LogP contribution in [-0.2, 0) is 15.0 Å². The summed E-state index contributed by atoms with van der Waals surface area (Å²) in [5.74, 6) is -1.72. The molecule has 1 fully saturated rings. The molecule has 4 aromatic rings. The first kappa shape index (κ1) is 23.4. The summed E-state index contributed by atoms with van der Waals surface area (Å²) in [6.07, 6.45) is 3.22. The van der Waals surface area contributed by atoms with E-state index in [1.165, 1.54) is 16.2 Å². The molecule has 0 aliphatic carbocycles. The molecule has 176 valence electrons. The van der Waals surface area contributed by atoms with E-state index in [-0.39, 0.29) is 16.7 Å². The van der Waals surface area contributed by atoms with Gasteiger partial charge < -0.3 is 5.11 Å². The Morgan fingerprint density at radius 3 is 2.49 bits per heavy atom. The maximum Gasteiger partial charge on any atom is 0.301 e. The molecule has 0 saturated carbocycles. The van der Waals surface area contributed by atoms with Crippen LogP contribution in [0.2, 0.25) is 0 Å². The quantitative estimate of drug-likeness (QED) is 0.183. The van der Waals surface area contributed by atoms with Gasteiger partial charge in [-0.2, -0.15) is 0 Å². The predicted molar refractivity (Wildman–Crippen MR) is 141 cm³/mol. The van der Waals surface area contributed by atoms with Crippen molar-refractivity contribution in [3.63, 3.8) is 0 Å². The molecule has 3 heterocycles. The maximum absolute atomic E-state index is 13.4. The largest absolute Gasteiger partial charge is 0.507 e. The number of aliphatic hydroxyl groups is 1. The number of rotatable bonds is 3. The van der Waals surface area contributed by atoms with Crippen molar-refractivity contribution in [3.05, 3.63) is 93.7 Å². The second kappa shape index (κ2) is 8.70. The minimum Gasteiger partial charge on any atom is -0.507 e. The fourth-order valence-corrected chi connectivity index (χ4v) is 5.42. The van der Waals surface area contributed by atoms with E-state index in [0.29, 0.717) is 16.3 Å². The highest BCUT2D eigenvalue weighted by Gasteiger charge is 2.48. The third-order valence-electron chi connectivity index (χ3n) is 6.01. The third-order valence-corrected chi connectivity index (χ3v) is 7.56. The van der Waals surface area contributed by atoms with E-state index in [2.05, 4.69) is 47.8 Å². The van der Waals surface area contributed by atoms with Gasteiger partial charge in [-0.1, -0.05) is 72.3 Å². The minimum absolute atomic E-state index is 0.0139. The highest BCUT2D eigenvalue weighted by molar-refractivity contribution is 9.10. The van der Waals surface area contributed by atoms with Crippen LogP contribution in [0.15, 0.2) is 77.0 Å². The Bertz CT molecular complexity index is 1490. The Morgan fingerprint density at radius 1 is 1.09 bits per heavy atom. The first-order chi connectivity index (χ1) is 16.6. The van der Waals surface area contributed by atoms with Gasteiger partial charge >= 0.3 is 5.91 Å². The van der Waals surface area contributed by atoms with E-state index >= 15 is 0 Å². The molecule has 1 atom stereocenters. The molecule has 0 bridgehead atoms. The number of aliphatic hydroxyl groups excluding tert-OH is 1. The van der Waals surface area contributed by atoms with Crippen molar-refractivity contribution in [2.24, 2.45) is 0 Å². The zero-order valence-electron chi connectivity index (χ0n) is 19.3. The molecule has 2 aromatic heterocycles. The smallest absolute Gasteiger partial charge is 0.301 e. The lowest BCUT2D eigenvalue weighted by Crippen LogP contribution is -2.29. The van der Waals surface area contributed by atoms with Gasteiger partial charge in [0.1, 0.15) is 5.76 Å². The molecule has 0 radical (unpaired) electrons. The molecule has 35 heavy (non-hydrogen) atoms. The standard InChI is InChI=1S/C27H22BrN3O3S/c1-27(2,3)17-8-11-19-20(13-17)35-26(30-19)31-22(16-5-4-12-29-14-16)21(24(33)25(31)34)23(32)15-6-9-18(28)10-7-15/h4-14,22,32H,1-3H3/b23-21+. The van der Waals surface area contributed by atoms with Crippen LogP contribution >= 0.6 is 27.3 Å². The number of nitrogens with zero attached hydrogens (tertiary/aromatic N) is 3. The lowest BCUT2D eigenvalue weighted by molar-refractivity contribution is -0.132. The van der Waals surface area contributed by atoms with Gasteiger partial charge in [-0.3, -0.25) is 19.5 Å². The fraction of sp³-hybridized carbons (Fsp3) is 0.185. The second-order valence-corrected chi connectivity index (χ2v) is 11.3.